The minimum atomic E-state index is -0.926. The maximum Gasteiger partial charge on any atom is 0.336 e. The first-order chi connectivity index (χ1) is 10.2. The lowest BCUT2D eigenvalue weighted by Crippen LogP contribution is -2.28. The van der Waals surface area contributed by atoms with Crippen LogP contribution in [0.1, 0.15) is 24.2 Å². The number of nitrogens with zero attached hydrogens (tertiary/aromatic N) is 2. The third-order valence-corrected chi connectivity index (χ3v) is 3.59. The molecule has 0 aliphatic rings. The third kappa shape index (κ3) is 3.70. The second kappa shape index (κ2) is 7.04. The summed E-state index contributed by atoms with van der Waals surface area (Å²) in [6.45, 7) is 8.13. The molecule has 2 aromatic rings. The van der Waals surface area contributed by atoms with E-state index in [1.165, 1.54) is 0 Å². The molecule has 5 nitrogen and oxygen atoms in total. The summed E-state index contributed by atoms with van der Waals surface area (Å²) >= 11 is 0. The highest BCUT2D eigenvalue weighted by Crippen LogP contribution is 2.19. The summed E-state index contributed by atoms with van der Waals surface area (Å²) in [5, 5.41) is 13.1. The van der Waals surface area contributed by atoms with Gasteiger partial charge in [0.15, 0.2) is 0 Å². The molecule has 0 aliphatic heterocycles. The van der Waals surface area contributed by atoms with Gasteiger partial charge in [0, 0.05) is 18.5 Å². The Morgan fingerprint density at radius 3 is 2.67 bits per heavy atom. The van der Waals surface area contributed by atoms with Crippen LogP contribution in [0, 0.1) is 0 Å². The van der Waals surface area contributed by atoms with Gasteiger partial charge in [0.25, 0.3) is 0 Å². The van der Waals surface area contributed by atoms with Gasteiger partial charge in [-0.05, 0) is 37.4 Å². The molecule has 5 heteroatoms. The van der Waals surface area contributed by atoms with Gasteiger partial charge in [-0.25, -0.2) is 9.78 Å². The van der Waals surface area contributed by atoms with Gasteiger partial charge in [-0.3, -0.25) is 0 Å². The molecule has 0 bridgehead atoms. The maximum atomic E-state index is 11.2. The van der Waals surface area contributed by atoms with Crippen LogP contribution in [0.2, 0.25) is 0 Å². The molecule has 0 saturated heterocycles. The summed E-state index contributed by atoms with van der Waals surface area (Å²) in [5.41, 5.74) is 0.984. The van der Waals surface area contributed by atoms with E-state index in [-0.39, 0.29) is 5.56 Å². The van der Waals surface area contributed by atoms with Crippen LogP contribution in [0.4, 0.5) is 5.82 Å². The van der Waals surface area contributed by atoms with E-state index < -0.39 is 5.97 Å². The van der Waals surface area contributed by atoms with Crippen LogP contribution in [0.25, 0.3) is 10.9 Å². The minimum Gasteiger partial charge on any atom is -0.478 e. The molecule has 1 aromatic carbocycles. The fourth-order valence-electron chi connectivity index (χ4n) is 2.32. The van der Waals surface area contributed by atoms with E-state index >= 15 is 0 Å². The van der Waals surface area contributed by atoms with Crippen molar-refractivity contribution in [3.05, 3.63) is 35.9 Å². The average Bonchev–Trinajstić information content (AvgIpc) is 2.50. The Morgan fingerprint density at radius 1 is 1.24 bits per heavy atom. The number of aromatic carboxylic acids is 1. The van der Waals surface area contributed by atoms with Crippen molar-refractivity contribution in [3.63, 3.8) is 0 Å². The Bertz CT molecular complexity index is 624. The summed E-state index contributed by atoms with van der Waals surface area (Å²) in [4.78, 5) is 18.0. The smallest absolute Gasteiger partial charge is 0.336 e. The molecular weight excluding hydrogens is 266 g/mol. The number of hydrogen-bond donors (Lipinski definition) is 2. The number of aromatic nitrogens is 1. The fraction of sp³-hybridized carbons (Fsp3) is 0.375. The predicted molar refractivity (Wildman–Crippen MR) is 85.0 cm³/mol. The number of hydrogen-bond acceptors (Lipinski definition) is 4. The molecule has 1 heterocycles. The average molecular weight is 287 g/mol. The number of rotatable bonds is 7. The second-order valence-electron chi connectivity index (χ2n) is 4.83. The summed E-state index contributed by atoms with van der Waals surface area (Å²) in [6, 6.07) is 8.79. The van der Waals surface area contributed by atoms with Crippen molar-refractivity contribution < 1.29 is 9.90 Å². The van der Waals surface area contributed by atoms with Crippen molar-refractivity contribution >= 4 is 22.7 Å². The van der Waals surface area contributed by atoms with Gasteiger partial charge in [0.2, 0.25) is 0 Å². The van der Waals surface area contributed by atoms with Gasteiger partial charge >= 0.3 is 5.97 Å². The predicted octanol–water partition coefficient (Wildman–Crippen LogP) is 2.69. The van der Waals surface area contributed by atoms with Crippen molar-refractivity contribution in [2.24, 2.45) is 0 Å². The molecule has 0 amide bonds. The van der Waals surface area contributed by atoms with E-state index in [0.29, 0.717) is 10.9 Å². The Balaban J connectivity index is 2.11. The van der Waals surface area contributed by atoms with Crippen molar-refractivity contribution in [1.29, 1.82) is 0 Å². The molecule has 112 valence electrons. The van der Waals surface area contributed by atoms with Crippen molar-refractivity contribution in [2.45, 2.75) is 13.8 Å². The van der Waals surface area contributed by atoms with Crippen LogP contribution in [0.15, 0.2) is 30.3 Å². The Hall–Kier alpha value is -2.14. The van der Waals surface area contributed by atoms with Gasteiger partial charge in [-0.2, -0.15) is 0 Å². The number of anilines is 1. The fourth-order valence-corrected chi connectivity index (χ4v) is 2.32. The number of carboxylic acids is 1. The number of fused-ring (bicyclic) bond motifs is 1. The largest absolute Gasteiger partial charge is 0.478 e. The van der Waals surface area contributed by atoms with Gasteiger partial charge in [0.1, 0.15) is 5.82 Å². The molecule has 0 atom stereocenters. The van der Waals surface area contributed by atoms with Crippen LogP contribution in [-0.4, -0.2) is 47.1 Å². The maximum absolute atomic E-state index is 11.2. The molecule has 0 fully saturated rings. The van der Waals surface area contributed by atoms with Gasteiger partial charge in [-0.1, -0.05) is 19.9 Å². The van der Waals surface area contributed by atoms with Gasteiger partial charge in [0.05, 0.1) is 11.1 Å². The normalized spacial score (nSPS) is 11.0. The minimum absolute atomic E-state index is 0.287. The monoisotopic (exact) mass is 287 g/mol. The summed E-state index contributed by atoms with van der Waals surface area (Å²) in [7, 11) is 0. The molecule has 21 heavy (non-hydrogen) atoms. The molecular formula is C16H21N3O2. The zero-order chi connectivity index (χ0) is 15.2. The zero-order valence-electron chi connectivity index (χ0n) is 12.5. The highest BCUT2D eigenvalue weighted by molar-refractivity contribution is 6.02. The number of pyridine rings is 1. The van der Waals surface area contributed by atoms with Gasteiger partial charge < -0.3 is 15.3 Å². The number of likely N-dealkylation sites (N-methyl/N-ethyl adjacent to an activating group) is 1. The first kappa shape index (κ1) is 15.3. The number of benzene rings is 1. The lowest BCUT2D eigenvalue weighted by molar-refractivity contribution is 0.0699. The number of carboxylic acid groups (broad SMARTS) is 1. The SMILES string of the molecule is CCN(CC)CCNc1ccc2c(C(=O)O)cccc2n1. The number of carbonyl (C=O) groups is 1. The van der Waals surface area contributed by atoms with E-state index in [0.717, 1.165) is 32.0 Å². The van der Waals surface area contributed by atoms with E-state index in [4.69, 9.17) is 5.11 Å². The third-order valence-electron chi connectivity index (χ3n) is 3.59. The first-order valence-electron chi connectivity index (χ1n) is 7.25. The van der Waals surface area contributed by atoms with Crippen LogP contribution in [-0.2, 0) is 0 Å². The zero-order valence-corrected chi connectivity index (χ0v) is 12.5. The summed E-state index contributed by atoms with van der Waals surface area (Å²) in [5.74, 6) is -0.151. The molecule has 2 N–H and O–H groups in total. The van der Waals surface area contributed by atoms with Crippen LogP contribution >= 0.6 is 0 Å². The quantitative estimate of drug-likeness (QED) is 0.819. The molecule has 2 rings (SSSR count). The van der Waals surface area contributed by atoms with E-state index in [1.54, 1.807) is 12.1 Å². The summed E-state index contributed by atoms with van der Waals surface area (Å²) in [6.07, 6.45) is 0. The highest BCUT2D eigenvalue weighted by Gasteiger charge is 2.09. The highest BCUT2D eigenvalue weighted by atomic mass is 16.4. The molecule has 0 aliphatic carbocycles. The van der Waals surface area contributed by atoms with Crippen molar-refractivity contribution in [1.82, 2.24) is 9.88 Å². The molecule has 0 radical (unpaired) electrons. The Morgan fingerprint density at radius 2 is 2.00 bits per heavy atom. The van der Waals surface area contributed by atoms with Crippen LogP contribution in [0.5, 0.6) is 0 Å². The lowest BCUT2D eigenvalue weighted by atomic mass is 10.1. The Labute approximate surface area is 124 Å². The van der Waals surface area contributed by atoms with Crippen molar-refractivity contribution in [3.8, 4) is 0 Å². The van der Waals surface area contributed by atoms with Crippen LogP contribution < -0.4 is 5.32 Å². The molecule has 0 unspecified atom stereocenters. The molecule has 1 aromatic heterocycles. The standard InChI is InChI=1S/C16H21N3O2/c1-3-19(4-2)11-10-17-15-9-8-12-13(16(20)21)6-5-7-14(12)18-15/h5-9H,3-4,10-11H2,1-2H3,(H,17,18)(H,20,21). The van der Waals surface area contributed by atoms with Gasteiger partial charge in [-0.15, -0.1) is 0 Å². The van der Waals surface area contributed by atoms with E-state index in [2.05, 4.69) is 29.0 Å². The van der Waals surface area contributed by atoms with E-state index in [1.807, 2.05) is 18.2 Å². The Kier molecular flexibility index (Phi) is 5.11. The topological polar surface area (TPSA) is 65.5 Å². The first-order valence-corrected chi connectivity index (χ1v) is 7.25. The molecule has 0 saturated carbocycles. The molecule has 0 spiro atoms. The summed E-state index contributed by atoms with van der Waals surface area (Å²) < 4.78 is 0. The number of nitrogens with one attached hydrogen (secondary N) is 1. The second-order valence-corrected chi connectivity index (χ2v) is 4.83. The van der Waals surface area contributed by atoms with Crippen LogP contribution in [0.3, 0.4) is 0 Å². The lowest BCUT2D eigenvalue weighted by Gasteiger charge is -2.18. The van der Waals surface area contributed by atoms with E-state index in [9.17, 15) is 4.79 Å². The van der Waals surface area contributed by atoms with Crippen molar-refractivity contribution in [2.75, 3.05) is 31.5 Å².